The van der Waals surface area contributed by atoms with E-state index in [1.807, 2.05) is 13.0 Å². The summed E-state index contributed by atoms with van der Waals surface area (Å²) in [6.45, 7) is 3.43. The zero-order chi connectivity index (χ0) is 9.14. The Kier molecular flexibility index (Phi) is 2.43. The van der Waals surface area contributed by atoms with Gasteiger partial charge in [-0.1, -0.05) is 0 Å². The largest absolute Gasteiger partial charge is 0.351 e. The van der Waals surface area contributed by atoms with Crippen LogP contribution in [-0.2, 0) is 0 Å². The molecule has 0 aromatic carbocycles. The van der Waals surface area contributed by atoms with E-state index < -0.39 is 0 Å². The van der Waals surface area contributed by atoms with Crippen LogP contribution in [0.4, 0.5) is 0 Å². The van der Waals surface area contributed by atoms with Crippen molar-refractivity contribution in [2.24, 2.45) is 4.99 Å². The van der Waals surface area contributed by atoms with E-state index >= 15 is 0 Å². The Hall–Kier alpha value is -1.38. The normalized spacial score (nSPS) is 11.8. The summed E-state index contributed by atoms with van der Waals surface area (Å²) in [4.78, 5) is 17.9. The van der Waals surface area contributed by atoms with Gasteiger partial charge in [-0.05, 0) is 19.1 Å². The number of carbonyl (C=O) groups is 1. The zero-order valence-electron chi connectivity index (χ0n) is 7.51. The number of H-pyrrole nitrogens is 1. The predicted molar refractivity (Wildman–Crippen MR) is 48.9 cm³/mol. The van der Waals surface area contributed by atoms with Gasteiger partial charge >= 0.3 is 0 Å². The number of aromatic amines is 1. The van der Waals surface area contributed by atoms with Crippen LogP contribution < -0.4 is 0 Å². The monoisotopic (exact) mass is 164 g/mol. The second-order valence-corrected chi connectivity index (χ2v) is 2.65. The van der Waals surface area contributed by atoms with Gasteiger partial charge in [0.1, 0.15) is 0 Å². The van der Waals surface area contributed by atoms with Crippen molar-refractivity contribution in [2.75, 3.05) is 7.05 Å². The van der Waals surface area contributed by atoms with Gasteiger partial charge in [0.15, 0.2) is 5.78 Å². The molecule has 64 valence electrons. The summed E-state index contributed by atoms with van der Waals surface area (Å²) in [7, 11) is 1.73. The van der Waals surface area contributed by atoms with E-state index in [1.165, 1.54) is 6.92 Å². The Morgan fingerprint density at radius 3 is 2.33 bits per heavy atom. The van der Waals surface area contributed by atoms with Gasteiger partial charge in [-0.3, -0.25) is 9.79 Å². The standard InChI is InChI=1S/C9H12N2O/c1-6(10-3)8-4-5-9(11-8)7(2)12/h4-5,11H,1-3H3. The molecule has 12 heavy (non-hydrogen) atoms. The average Bonchev–Trinajstić information content (AvgIpc) is 2.51. The van der Waals surface area contributed by atoms with Crippen molar-refractivity contribution < 1.29 is 4.79 Å². The molecule has 1 rings (SSSR count). The maximum atomic E-state index is 10.9. The number of hydrogen-bond acceptors (Lipinski definition) is 2. The van der Waals surface area contributed by atoms with Crippen LogP contribution in [0.15, 0.2) is 17.1 Å². The van der Waals surface area contributed by atoms with E-state index in [0.29, 0.717) is 5.69 Å². The van der Waals surface area contributed by atoms with Gasteiger partial charge in [0.25, 0.3) is 0 Å². The molecule has 3 nitrogen and oxygen atoms in total. The lowest BCUT2D eigenvalue weighted by atomic mass is 10.3. The first kappa shape index (κ1) is 8.71. The predicted octanol–water partition coefficient (Wildman–Crippen LogP) is 1.66. The van der Waals surface area contributed by atoms with E-state index in [-0.39, 0.29) is 5.78 Å². The summed E-state index contributed by atoms with van der Waals surface area (Å²) in [6, 6.07) is 3.63. The topological polar surface area (TPSA) is 45.2 Å². The van der Waals surface area contributed by atoms with Crippen LogP contribution in [0.25, 0.3) is 0 Å². The van der Waals surface area contributed by atoms with Crippen molar-refractivity contribution in [1.82, 2.24) is 4.98 Å². The third-order valence-corrected chi connectivity index (χ3v) is 1.79. The summed E-state index contributed by atoms with van der Waals surface area (Å²) in [5, 5.41) is 0. The Morgan fingerprint density at radius 1 is 1.33 bits per heavy atom. The number of ketones is 1. The third-order valence-electron chi connectivity index (χ3n) is 1.79. The number of carbonyl (C=O) groups excluding carboxylic acids is 1. The molecule has 0 fully saturated rings. The van der Waals surface area contributed by atoms with Gasteiger partial charge < -0.3 is 4.98 Å². The Labute approximate surface area is 71.5 Å². The molecule has 1 aromatic heterocycles. The molecule has 1 aromatic rings. The van der Waals surface area contributed by atoms with E-state index in [2.05, 4.69) is 9.98 Å². The van der Waals surface area contributed by atoms with Crippen LogP contribution in [0, 0.1) is 0 Å². The molecule has 0 radical (unpaired) electrons. The number of hydrogen-bond donors (Lipinski definition) is 1. The van der Waals surface area contributed by atoms with Gasteiger partial charge in [-0.2, -0.15) is 0 Å². The summed E-state index contributed by atoms with van der Waals surface area (Å²) in [5.74, 6) is 0.0464. The highest BCUT2D eigenvalue weighted by atomic mass is 16.1. The number of rotatable bonds is 2. The summed E-state index contributed by atoms with van der Waals surface area (Å²) in [5.41, 5.74) is 2.44. The minimum absolute atomic E-state index is 0.0464. The molecule has 0 amide bonds. The lowest BCUT2D eigenvalue weighted by molar-refractivity contribution is 0.101. The third kappa shape index (κ3) is 1.61. The van der Waals surface area contributed by atoms with Crippen molar-refractivity contribution >= 4 is 11.5 Å². The van der Waals surface area contributed by atoms with Crippen LogP contribution in [0.2, 0.25) is 0 Å². The van der Waals surface area contributed by atoms with Crippen LogP contribution in [-0.4, -0.2) is 23.5 Å². The SMILES string of the molecule is CN=C(C)c1ccc(C(C)=O)[nH]1. The molecule has 1 N–H and O–H groups in total. The van der Waals surface area contributed by atoms with Gasteiger partial charge in [0.05, 0.1) is 17.1 Å². The average molecular weight is 164 g/mol. The van der Waals surface area contributed by atoms with Crippen molar-refractivity contribution in [2.45, 2.75) is 13.8 Å². The molecule has 1 heterocycles. The van der Waals surface area contributed by atoms with Crippen LogP contribution >= 0.6 is 0 Å². The fraction of sp³-hybridized carbons (Fsp3) is 0.333. The molecular weight excluding hydrogens is 152 g/mol. The van der Waals surface area contributed by atoms with Crippen LogP contribution in [0.1, 0.15) is 30.0 Å². The van der Waals surface area contributed by atoms with Crippen molar-refractivity contribution in [3.63, 3.8) is 0 Å². The smallest absolute Gasteiger partial charge is 0.175 e. The highest BCUT2D eigenvalue weighted by molar-refractivity contribution is 5.99. The molecule has 0 bridgehead atoms. The molecule has 0 aliphatic carbocycles. The molecule has 0 unspecified atom stereocenters. The molecule has 0 atom stereocenters. The molecule has 0 saturated heterocycles. The molecule has 3 heteroatoms. The quantitative estimate of drug-likeness (QED) is 0.524. The fourth-order valence-electron chi connectivity index (χ4n) is 0.932. The highest BCUT2D eigenvalue weighted by Gasteiger charge is 2.03. The maximum absolute atomic E-state index is 10.9. The first-order chi connectivity index (χ1) is 5.65. The molecule has 0 saturated carbocycles. The van der Waals surface area contributed by atoms with E-state index in [0.717, 1.165) is 11.4 Å². The first-order valence-corrected chi connectivity index (χ1v) is 3.79. The molecule has 0 spiro atoms. The van der Waals surface area contributed by atoms with Crippen LogP contribution in [0.5, 0.6) is 0 Å². The first-order valence-electron chi connectivity index (χ1n) is 3.79. The van der Waals surface area contributed by atoms with Gasteiger partial charge in [-0.25, -0.2) is 0 Å². The second kappa shape index (κ2) is 3.34. The minimum atomic E-state index is 0.0464. The van der Waals surface area contributed by atoms with Crippen molar-refractivity contribution in [3.05, 3.63) is 23.5 Å². The number of Topliss-reactive ketones (excluding diaryl/α,β-unsaturated/α-hetero) is 1. The lowest BCUT2D eigenvalue weighted by Gasteiger charge is -1.93. The number of nitrogens with zero attached hydrogens (tertiary/aromatic N) is 1. The Balaban J connectivity index is 2.99. The second-order valence-electron chi connectivity index (χ2n) is 2.65. The fourth-order valence-corrected chi connectivity index (χ4v) is 0.932. The zero-order valence-corrected chi connectivity index (χ0v) is 7.51. The van der Waals surface area contributed by atoms with E-state index in [1.54, 1.807) is 13.1 Å². The molecule has 0 aliphatic heterocycles. The van der Waals surface area contributed by atoms with E-state index in [4.69, 9.17) is 0 Å². The van der Waals surface area contributed by atoms with Gasteiger partial charge in [0, 0.05) is 14.0 Å². The Morgan fingerprint density at radius 2 is 1.92 bits per heavy atom. The number of nitrogens with one attached hydrogen (secondary N) is 1. The van der Waals surface area contributed by atoms with Gasteiger partial charge in [-0.15, -0.1) is 0 Å². The Bertz CT molecular complexity index is 323. The number of aliphatic imine (C=N–C) groups is 1. The van der Waals surface area contributed by atoms with Crippen molar-refractivity contribution in [1.29, 1.82) is 0 Å². The maximum Gasteiger partial charge on any atom is 0.175 e. The minimum Gasteiger partial charge on any atom is -0.351 e. The molecule has 0 aliphatic rings. The molecular formula is C9H12N2O. The summed E-state index contributed by atoms with van der Waals surface area (Å²) < 4.78 is 0. The van der Waals surface area contributed by atoms with Crippen molar-refractivity contribution in [3.8, 4) is 0 Å². The summed E-state index contributed by atoms with van der Waals surface area (Å²) in [6.07, 6.45) is 0. The van der Waals surface area contributed by atoms with E-state index in [9.17, 15) is 4.79 Å². The van der Waals surface area contributed by atoms with Gasteiger partial charge in [0.2, 0.25) is 0 Å². The lowest BCUT2D eigenvalue weighted by Crippen LogP contribution is -1.97. The van der Waals surface area contributed by atoms with Crippen LogP contribution in [0.3, 0.4) is 0 Å². The highest BCUT2D eigenvalue weighted by Crippen LogP contribution is 2.03. The summed E-state index contributed by atoms with van der Waals surface area (Å²) >= 11 is 0. The number of aromatic nitrogens is 1.